The highest BCUT2D eigenvalue weighted by atomic mass is 16.6. The van der Waals surface area contributed by atoms with E-state index in [2.05, 4.69) is 10.3 Å². The average molecular weight is 345 g/mol. The molecule has 0 aliphatic heterocycles. The van der Waals surface area contributed by atoms with Gasteiger partial charge in [-0.05, 0) is 38.8 Å². The topological polar surface area (TPSA) is 93.3 Å². The predicted octanol–water partition coefficient (Wildman–Crippen LogP) is 3.27. The molecule has 134 valence electrons. The van der Waals surface area contributed by atoms with Crippen LogP contribution in [0.25, 0.3) is 0 Å². The first kappa shape index (κ1) is 18.4. The Morgan fingerprint density at radius 2 is 2.04 bits per heavy atom. The molecular weight excluding hydrogens is 322 g/mol. The normalized spacial score (nSPS) is 10.6. The molecule has 1 N–H and O–H groups in total. The Morgan fingerprint density at radius 3 is 2.64 bits per heavy atom. The molecule has 0 aliphatic carbocycles. The van der Waals surface area contributed by atoms with Gasteiger partial charge in [0.05, 0.1) is 10.6 Å². The Labute approximate surface area is 146 Å². The number of nitrogens with one attached hydrogen (secondary N) is 1. The summed E-state index contributed by atoms with van der Waals surface area (Å²) in [5.74, 6) is 0.940. The second-order valence-corrected chi connectivity index (χ2v) is 6.08. The molecule has 2 aromatic rings. The van der Waals surface area contributed by atoms with Crippen LogP contribution in [-0.2, 0) is 6.54 Å². The lowest BCUT2D eigenvalue weighted by Crippen LogP contribution is -2.32. The Balaban J connectivity index is 1.95. The molecule has 8 nitrogen and oxygen atoms in total. The maximum absolute atomic E-state index is 12.3. The molecule has 0 unspecified atom stereocenters. The number of carbonyl (C=O) groups excluding carboxylic acids is 1. The highest BCUT2D eigenvalue weighted by molar-refractivity contribution is 5.90. The Morgan fingerprint density at radius 1 is 1.32 bits per heavy atom. The van der Waals surface area contributed by atoms with Crippen LogP contribution in [-0.4, -0.2) is 39.0 Å². The number of hydrogen-bond donors (Lipinski definition) is 1. The number of rotatable bonds is 6. The van der Waals surface area contributed by atoms with E-state index >= 15 is 0 Å². The summed E-state index contributed by atoms with van der Waals surface area (Å²) in [6.45, 7) is 6.77. The number of urea groups is 1. The molecule has 0 saturated heterocycles. The minimum Gasteiger partial charge on any atom is -0.335 e. The first-order chi connectivity index (χ1) is 11.8. The van der Waals surface area contributed by atoms with Gasteiger partial charge in [0.1, 0.15) is 5.82 Å². The summed E-state index contributed by atoms with van der Waals surface area (Å²) in [7, 11) is 1.70. The van der Waals surface area contributed by atoms with E-state index in [1.807, 2.05) is 24.6 Å². The van der Waals surface area contributed by atoms with Crippen LogP contribution < -0.4 is 5.32 Å². The summed E-state index contributed by atoms with van der Waals surface area (Å²) in [6, 6.07) is 2.82. The minimum atomic E-state index is -0.443. The van der Waals surface area contributed by atoms with Crippen LogP contribution in [0.3, 0.4) is 0 Å². The highest BCUT2D eigenvalue weighted by Gasteiger charge is 2.16. The van der Waals surface area contributed by atoms with Crippen molar-refractivity contribution in [1.82, 2.24) is 14.5 Å². The molecule has 25 heavy (non-hydrogen) atoms. The Hall–Kier alpha value is -2.90. The number of nitro benzene ring substituents is 1. The zero-order valence-electron chi connectivity index (χ0n) is 14.9. The molecule has 2 amide bonds. The zero-order valence-corrected chi connectivity index (χ0v) is 14.9. The first-order valence-corrected chi connectivity index (χ1v) is 8.05. The van der Waals surface area contributed by atoms with Gasteiger partial charge in [0.25, 0.3) is 5.69 Å². The quantitative estimate of drug-likeness (QED) is 0.642. The van der Waals surface area contributed by atoms with Gasteiger partial charge in [0, 0.05) is 44.2 Å². The van der Waals surface area contributed by atoms with Crippen molar-refractivity contribution in [3.8, 4) is 0 Å². The van der Waals surface area contributed by atoms with Crippen molar-refractivity contribution in [2.75, 3.05) is 18.9 Å². The molecule has 1 heterocycles. The molecule has 1 aromatic carbocycles. The number of nitrogens with zero attached hydrogens (tertiary/aromatic N) is 4. The largest absolute Gasteiger partial charge is 0.335 e. The minimum absolute atomic E-state index is 0.000800. The maximum atomic E-state index is 12.3. The van der Waals surface area contributed by atoms with Crippen LogP contribution in [0, 0.1) is 30.9 Å². The van der Waals surface area contributed by atoms with Crippen molar-refractivity contribution < 1.29 is 9.72 Å². The number of hydrogen-bond acceptors (Lipinski definition) is 4. The van der Waals surface area contributed by atoms with Crippen molar-refractivity contribution in [3.63, 3.8) is 0 Å². The monoisotopic (exact) mass is 345 g/mol. The van der Waals surface area contributed by atoms with Gasteiger partial charge in [-0.15, -0.1) is 0 Å². The molecule has 0 aliphatic rings. The van der Waals surface area contributed by atoms with Crippen molar-refractivity contribution in [2.24, 2.45) is 0 Å². The first-order valence-electron chi connectivity index (χ1n) is 8.05. The summed E-state index contributed by atoms with van der Waals surface area (Å²) >= 11 is 0. The fourth-order valence-electron chi connectivity index (χ4n) is 2.60. The predicted molar refractivity (Wildman–Crippen MR) is 95.8 cm³/mol. The third kappa shape index (κ3) is 4.56. The summed E-state index contributed by atoms with van der Waals surface area (Å²) in [4.78, 5) is 28.7. The lowest BCUT2D eigenvalue weighted by Gasteiger charge is -2.19. The molecule has 0 fully saturated rings. The van der Waals surface area contributed by atoms with E-state index in [0.29, 0.717) is 17.8 Å². The number of carbonyl (C=O) groups is 1. The third-order valence-corrected chi connectivity index (χ3v) is 4.14. The molecule has 2 rings (SSSR count). The molecule has 0 radical (unpaired) electrons. The smallest absolute Gasteiger partial charge is 0.321 e. The third-order valence-electron chi connectivity index (χ3n) is 4.14. The maximum Gasteiger partial charge on any atom is 0.321 e. The molecule has 0 saturated carbocycles. The number of amides is 2. The second-order valence-electron chi connectivity index (χ2n) is 6.08. The van der Waals surface area contributed by atoms with E-state index in [4.69, 9.17) is 0 Å². The van der Waals surface area contributed by atoms with Gasteiger partial charge in [-0.25, -0.2) is 9.78 Å². The molecule has 1 aromatic heterocycles. The number of anilines is 1. The number of aromatic nitrogens is 2. The van der Waals surface area contributed by atoms with Gasteiger partial charge < -0.3 is 14.8 Å². The van der Waals surface area contributed by atoms with Crippen LogP contribution in [0.4, 0.5) is 16.2 Å². The Kier molecular flexibility index (Phi) is 5.74. The second kappa shape index (κ2) is 7.78. The molecule has 0 atom stereocenters. The van der Waals surface area contributed by atoms with E-state index in [1.54, 1.807) is 31.1 Å². The van der Waals surface area contributed by atoms with Crippen LogP contribution in [0.15, 0.2) is 24.5 Å². The fourth-order valence-corrected chi connectivity index (χ4v) is 2.60. The van der Waals surface area contributed by atoms with Crippen molar-refractivity contribution in [3.05, 3.63) is 51.6 Å². The van der Waals surface area contributed by atoms with Crippen LogP contribution in [0.5, 0.6) is 0 Å². The number of aryl methyl sites for hydroxylation is 4. The van der Waals surface area contributed by atoms with Crippen molar-refractivity contribution in [1.29, 1.82) is 0 Å². The number of nitro groups is 1. The summed E-state index contributed by atoms with van der Waals surface area (Å²) in [6.07, 6.45) is 4.44. The zero-order chi connectivity index (χ0) is 18.6. The molecule has 0 spiro atoms. The van der Waals surface area contributed by atoms with Gasteiger partial charge in [-0.2, -0.15) is 0 Å². The highest BCUT2D eigenvalue weighted by Crippen LogP contribution is 2.26. The lowest BCUT2D eigenvalue weighted by molar-refractivity contribution is -0.385. The van der Waals surface area contributed by atoms with E-state index in [-0.39, 0.29) is 11.7 Å². The van der Waals surface area contributed by atoms with Crippen LogP contribution >= 0.6 is 0 Å². The van der Waals surface area contributed by atoms with Crippen LogP contribution in [0.1, 0.15) is 23.4 Å². The number of imidazole rings is 1. The van der Waals surface area contributed by atoms with E-state index in [1.165, 1.54) is 6.07 Å². The van der Waals surface area contributed by atoms with Crippen LogP contribution in [0.2, 0.25) is 0 Å². The average Bonchev–Trinajstić information content (AvgIpc) is 2.94. The van der Waals surface area contributed by atoms with Gasteiger partial charge in [-0.1, -0.05) is 0 Å². The Bertz CT molecular complexity index is 785. The van der Waals surface area contributed by atoms with Crippen molar-refractivity contribution in [2.45, 2.75) is 33.7 Å². The lowest BCUT2D eigenvalue weighted by atomic mass is 10.1. The van der Waals surface area contributed by atoms with E-state index < -0.39 is 4.92 Å². The van der Waals surface area contributed by atoms with Gasteiger partial charge in [0.2, 0.25) is 0 Å². The summed E-state index contributed by atoms with van der Waals surface area (Å²) in [5, 5.41) is 13.8. The molecule has 0 bridgehead atoms. The summed E-state index contributed by atoms with van der Waals surface area (Å²) < 4.78 is 2.03. The van der Waals surface area contributed by atoms with Gasteiger partial charge in [-0.3, -0.25) is 10.1 Å². The van der Waals surface area contributed by atoms with Gasteiger partial charge in [0.15, 0.2) is 0 Å². The van der Waals surface area contributed by atoms with E-state index in [9.17, 15) is 14.9 Å². The SMILES string of the molecule is Cc1cc(C)c([N+](=O)[O-])cc1NC(=O)N(C)CCCn1ccnc1C. The molecule has 8 heteroatoms. The number of benzene rings is 1. The molecular formula is C17H23N5O3. The summed E-state index contributed by atoms with van der Waals surface area (Å²) in [5.41, 5.74) is 1.82. The van der Waals surface area contributed by atoms with E-state index in [0.717, 1.165) is 24.4 Å². The van der Waals surface area contributed by atoms with Gasteiger partial charge >= 0.3 is 6.03 Å². The van der Waals surface area contributed by atoms with Crippen molar-refractivity contribution >= 4 is 17.4 Å². The standard InChI is InChI=1S/C17H23N5O3/c1-12-10-13(2)16(22(24)25)11-15(12)19-17(23)20(4)7-5-8-21-9-6-18-14(21)3/h6,9-11H,5,7-8H2,1-4H3,(H,19,23). The fraction of sp³-hybridized carbons (Fsp3) is 0.412.